The Morgan fingerprint density at radius 3 is 2.58 bits per heavy atom. The number of nitrogens with zero attached hydrogens (tertiary/aromatic N) is 1. The van der Waals surface area contributed by atoms with Gasteiger partial charge < -0.3 is 14.9 Å². The molecule has 3 N–H and O–H groups in total. The fourth-order valence-electron chi connectivity index (χ4n) is 3.39. The number of ether oxygens (including phenoxy) is 1. The number of rotatable bonds is 9. The molecule has 1 aliphatic heterocycles. The van der Waals surface area contributed by atoms with E-state index in [1.165, 1.54) is 0 Å². The fraction of sp³-hybridized carbons (Fsp3) is 0.474. The summed E-state index contributed by atoms with van der Waals surface area (Å²) in [6.07, 6.45) is -5.15. The lowest BCUT2D eigenvalue weighted by atomic mass is 9.98. The van der Waals surface area contributed by atoms with Crippen molar-refractivity contribution in [3.8, 4) is 0 Å². The topological polar surface area (TPSA) is 140 Å². The van der Waals surface area contributed by atoms with Crippen molar-refractivity contribution in [1.82, 2.24) is 9.55 Å². The van der Waals surface area contributed by atoms with Crippen LogP contribution < -0.4 is 11.2 Å². The van der Waals surface area contributed by atoms with E-state index < -0.39 is 74.6 Å². The third-order valence-electron chi connectivity index (χ3n) is 5.03. The minimum Gasteiger partial charge on any atom is -0.396 e. The van der Waals surface area contributed by atoms with Crippen LogP contribution in [0.25, 0.3) is 0 Å². The third kappa shape index (κ3) is 5.75. The second-order valence-electron chi connectivity index (χ2n) is 7.47. The number of hydrogen-bond acceptors (Lipinski definition) is 8. The van der Waals surface area contributed by atoms with Gasteiger partial charge >= 0.3 is 13.9 Å². The number of hydrogen-bond donors (Lipinski definition) is 3. The fourth-order valence-corrected chi connectivity index (χ4v) is 4.15. The van der Waals surface area contributed by atoms with Crippen LogP contribution in [-0.2, 0) is 18.3 Å². The van der Waals surface area contributed by atoms with E-state index in [2.05, 4.69) is 0 Å². The third-order valence-corrected chi connectivity index (χ3v) is 5.81. The maximum Gasteiger partial charge on any atom is 0.698 e. The van der Waals surface area contributed by atoms with Crippen LogP contribution in [0.4, 0.5) is 13.2 Å². The monoisotopic (exact) mass is 493 g/mol. The quantitative estimate of drug-likeness (QED) is 0.448. The van der Waals surface area contributed by atoms with Crippen molar-refractivity contribution in [2.24, 2.45) is 0 Å². The number of alkyl halides is 1. The molecule has 14 heteroatoms. The zero-order chi connectivity index (χ0) is 24.3. The molecule has 0 spiro atoms. The lowest BCUT2D eigenvalue weighted by Crippen LogP contribution is -2.43. The van der Waals surface area contributed by atoms with Crippen LogP contribution in [0.3, 0.4) is 0 Å². The molecule has 10 nitrogen and oxygen atoms in total. The number of aliphatic hydroxyl groups excluding tert-OH is 2. The highest BCUT2D eigenvalue weighted by atomic mass is 31.1. The van der Waals surface area contributed by atoms with Gasteiger partial charge in [0.25, 0.3) is 5.56 Å². The van der Waals surface area contributed by atoms with Crippen LogP contribution in [-0.4, -0.2) is 50.9 Å². The van der Waals surface area contributed by atoms with E-state index in [1.54, 1.807) is 0 Å². The summed E-state index contributed by atoms with van der Waals surface area (Å²) >= 11 is 0. The predicted molar refractivity (Wildman–Crippen MR) is 106 cm³/mol. The summed E-state index contributed by atoms with van der Waals surface area (Å²) in [4.78, 5) is 25.1. The van der Waals surface area contributed by atoms with Gasteiger partial charge in [-0.25, -0.2) is 18.0 Å². The summed E-state index contributed by atoms with van der Waals surface area (Å²) in [5, 5.41) is 19.5. The standard InChI is InChI=1S/C19H20F3N2O8P/c1-19(22)16(27)14(31-17(19)24-4-2-15(26)23-18(24)28)9-30-33(29)32-13(3-5-25)10-6-11(20)8-12(21)7-10/h2,4,6-8,13-14,16-17,25,27H,3,5,9H2,1H3/p+1/t13-,14-,16-,17-,19-/m1/s1. The van der Waals surface area contributed by atoms with Gasteiger partial charge in [-0.05, 0) is 24.6 Å². The predicted octanol–water partition coefficient (Wildman–Crippen LogP) is 1.62. The first-order chi connectivity index (χ1) is 15.5. The lowest BCUT2D eigenvalue weighted by Gasteiger charge is -2.24. The first-order valence-corrected chi connectivity index (χ1v) is 10.8. The summed E-state index contributed by atoms with van der Waals surface area (Å²) in [6.45, 7) is -0.105. The van der Waals surface area contributed by atoms with E-state index >= 15 is 4.39 Å². The number of aliphatic hydroxyl groups is 2. The van der Waals surface area contributed by atoms with Crippen molar-refractivity contribution in [2.45, 2.75) is 43.6 Å². The van der Waals surface area contributed by atoms with E-state index in [0.29, 0.717) is 6.07 Å². The number of aromatic amines is 1. The Morgan fingerprint density at radius 1 is 1.30 bits per heavy atom. The van der Waals surface area contributed by atoms with E-state index in [9.17, 15) is 33.1 Å². The molecule has 0 amide bonds. The van der Waals surface area contributed by atoms with E-state index in [0.717, 1.165) is 35.9 Å². The Hall–Kier alpha value is -2.41. The van der Waals surface area contributed by atoms with Crippen molar-refractivity contribution in [3.63, 3.8) is 0 Å². The molecule has 1 aromatic carbocycles. The van der Waals surface area contributed by atoms with Gasteiger partial charge in [-0.1, -0.05) is 0 Å². The molecule has 1 fully saturated rings. The molecule has 0 radical (unpaired) electrons. The first kappa shape index (κ1) is 25.2. The Morgan fingerprint density at radius 2 is 1.97 bits per heavy atom. The van der Waals surface area contributed by atoms with Gasteiger partial charge in [0.05, 0.1) is 0 Å². The van der Waals surface area contributed by atoms with E-state index in [4.69, 9.17) is 13.8 Å². The van der Waals surface area contributed by atoms with Crippen LogP contribution in [0.15, 0.2) is 40.1 Å². The molecule has 3 rings (SSSR count). The number of benzene rings is 1. The average molecular weight is 493 g/mol. The summed E-state index contributed by atoms with van der Waals surface area (Å²) in [5.74, 6) is -1.80. The number of halogens is 3. The Labute approximate surface area is 185 Å². The zero-order valence-electron chi connectivity index (χ0n) is 17.2. The highest BCUT2D eigenvalue weighted by molar-refractivity contribution is 7.33. The van der Waals surface area contributed by atoms with Crippen LogP contribution in [0, 0.1) is 11.6 Å². The maximum atomic E-state index is 15.1. The summed E-state index contributed by atoms with van der Waals surface area (Å²) in [5.41, 5.74) is -4.19. The van der Waals surface area contributed by atoms with Crippen LogP contribution in [0.2, 0.25) is 0 Å². The molecule has 2 heterocycles. The normalized spacial score (nSPS) is 26.4. The molecule has 180 valence electrons. The molecule has 0 bridgehead atoms. The molecule has 6 atom stereocenters. The lowest BCUT2D eigenvalue weighted by molar-refractivity contribution is -0.0594. The molecular formula is C19H21F3N2O8P+. The van der Waals surface area contributed by atoms with Gasteiger partial charge in [-0.3, -0.25) is 14.3 Å². The van der Waals surface area contributed by atoms with Gasteiger partial charge in [0.15, 0.2) is 11.9 Å². The Bertz CT molecular complexity index is 1100. The van der Waals surface area contributed by atoms with Crippen molar-refractivity contribution in [2.75, 3.05) is 13.2 Å². The SMILES string of the molecule is C[C@@]1(F)[C@H](O)[C@@H](CO[P+](=O)O[C@H](CCO)c2cc(F)cc(F)c2)O[C@H]1n1ccc(=O)[nH]c1=O. The Balaban J connectivity index is 1.67. The highest BCUT2D eigenvalue weighted by Crippen LogP contribution is 2.42. The minimum atomic E-state index is -2.96. The number of nitrogens with one attached hydrogen (secondary N) is 1. The smallest absolute Gasteiger partial charge is 0.396 e. The zero-order valence-corrected chi connectivity index (χ0v) is 18.1. The molecular weight excluding hydrogens is 472 g/mol. The largest absolute Gasteiger partial charge is 0.698 e. The molecule has 0 saturated carbocycles. The van der Waals surface area contributed by atoms with Crippen molar-refractivity contribution in [1.29, 1.82) is 0 Å². The van der Waals surface area contributed by atoms with Gasteiger partial charge in [0.1, 0.15) is 36.6 Å². The molecule has 1 aliphatic rings. The number of H-pyrrole nitrogens is 1. The van der Waals surface area contributed by atoms with E-state index in [1.807, 2.05) is 4.98 Å². The molecule has 1 aromatic heterocycles. The van der Waals surface area contributed by atoms with Crippen LogP contribution in [0.1, 0.15) is 31.2 Å². The summed E-state index contributed by atoms with van der Waals surface area (Å²) < 4.78 is 70.6. The van der Waals surface area contributed by atoms with Gasteiger partial charge in [-0.15, -0.1) is 9.05 Å². The van der Waals surface area contributed by atoms with Crippen molar-refractivity contribution >= 4 is 8.25 Å². The minimum absolute atomic E-state index is 0.0282. The van der Waals surface area contributed by atoms with Crippen molar-refractivity contribution in [3.05, 3.63) is 68.5 Å². The molecule has 0 aliphatic carbocycles. The van der Waals surface area contributed by atoms with Crippen molar-refractivity contribution < 1.29 is 41.7 Å². The van der Waals surface area contributed by atoms with Gasteiger partial charge in [0, 0.05) is 35.9 Å². The van der Waals surface area contributed by atoms with Gasteiger partial charge in [-0.2, -0.15) is 0 Å². The van der Waals surface area contributed by atoms with Crippen LogP contribution >= 0.6 is 8.25 Å². The molecule has 33 heavy (non-hydrogen) atoms. The summed E-state index contributed by atoms with van der Waals surface area (Å²) in [7, 11) is -2.96. The van der Waals surface area contributed by atoms with Gasteiger partial charge in [0.2, 0.25) is 0 Å². The van der Waals surface area contributed by atoms with Crippen LogP contribution in [0.5, 0.6) is 0 Å². The first-order valence-electron chi connectivity index (χ1n) is 9.70. The highest BCUT2D eigenvalue weighted by Gasteiger charge is 2.56. The maximum absolute atomic E-state index is 15.1. The second kappa shape index (κ2) is 10.2. The average Bonchev–Trinajstić information content (AvgIpc) is 2.94. The molecule has 1 unspecified atom stereocenters. The summed E-state index contributed by atoms with van der Waals surface area (Å²) in [6, 6.07) is 3.49. The Kier molecular flexibility index (Phi) is 7.83. The second-order valence-corrected chi connectivity index (χ2v) is 8.39. The molecule has 2 aromatic rings. The molecule has 1 saturated heterocycles. The van der Waals surface area contributed by atoms with E-state index in [-0.39, 0.29) is 12.0 Å². The number of aromatic nitrogens is 2.